The van der Waals surface area contributed by atoms with E-state index in [1.807, 2.05) is 35.2 Å². The summed E-state index contributed by atoms with van der Waals surface area (Å²) in [5, 5.41) is 1.72. The number of carbonyl (C=O) groups is 1. The highest BCUT2D eigenvalue weighted by Gasteiger charge is 2.21. The van der Waals surface area contributed by atoms with Crippen LogP contribution in [0.4, 0.5) is 0 Å². The summed E-state index contributed by atoms with van der Waals surface area (Å²) in [6.45, 7) is 2.40. The van der Waals surface area contributed by atoms with Gasteiger partial charge in [0.05, 0.1) is 23.8 Å². The summed E-state index contributed by atoms with van der Waals surface area (Å²) in [7, 11) is 1.71. The number of amides is 1. The van der Waals surface area contributed by atoms with Crippen molar-refractivity contribution in [3.8, 4) is 11.3 Å². The van der Waals surface area contributed by atoms with Gasteiger partial charge in [0.2, 0.25) is 0 Å². The van der Waals surface area contributed by atoms with Gasteiger partial charge in [-0.1, -0.05) is 0 Å². The normalized spacial score (nSPS) is 14.6. The van der Waals surface area contributed by atoms with E-state index < -0.39 is 0 Å². The van der Waals surface area contributed by atoms with Crippen molar-refractivity contribution in [3.05, 3.63) is 58.0 Å². The molecule has 0 radical (unpaired) electrons. The molecule has 1 aliphatic heterocycles. The molecule has 29 heavy (non-hydrogen) atoms. The maximum Gasteiger partial charge on any atom is 0.276 e. The fourth-order valence-corrected chi connectivity index (χ4v) is 4.46. The zero-order chi connectivity index (χ0) is 20.0. The topological polar surface area (TPSA) is 77.3 Å². The Morgan fingerprint density at radius 1 is 1.14 bits per heavy atom. The van der Waals surface area contributed by atoms with E-state index in [1.54, 1.807) is 19.4 Å². The largest absolute Gasteiger partial charge is 0.378 e. The van der Waals surface area contributed by atoms with Gasteiger partial charge in [0.25, 0.3) is 11.5 Å². The van der Waals surface area contributed by atoms with E-state index in [1.165, 1.54) is 15.9 Å². The number of thiophene rings is 1. The zero-order valence-electron chi connectivity index (χ0n) is 15.8. The minimum Gasteiger partial charge on any atom is -0.378 e. The molecule has 0 aliphatic carbocycles. The maximum absolute atomic E-state index is 12.7. The van der Waals surface area contributed by atoms with Crippen molar-refractivity contribution in [2.75, 3.05) is 26.3 Å². The van der Waals surface area contributed by atoms with Crippen molar-refractivity contribution >= 4 is 38.4 Å². The smallest absolute Gasteiger partial charge is 0.276 e. The summed E-state index contributed by atoms with van der Waals surface area (Å²) >= 11 is 1.40. The van der Waals surface area contributed by atoms with Crippen LogP contribution in [0.1, 0.15) is 9.67 Å². The highest BCUT2D eigenvalue weighted by Crippen LogP contribution is 2.29. The zero-order valence-corrected chi connectivity index (χ0v) is 16.6. The predicted octanol–water partition coefficient (Wildman–Crippen LogP) is 2.68. The monoisotopic (exact) mass is 406 g/mol. The van der Waals surface area contributed by atoms with Crippen molar-refractivity contribution in [1.29, 1.82) is 0 Å². The lowest BCUT2D eigenvalue weighted by Gasteiger charge is -2.26. The molecule has 7 nitrogen and oxygen atoms in total. The second kappa shape index (κ2) is 7.06. The van der Waals surface area contributed by atoms with Gasteiger partial charge >= 0.3 is 0 Å². The molecule has 0 aromatic carbocycles. The van der Waals surface area contributed by atoms with Crippen LogP contribution in [0.2, 0.25) is 0 Å². The van der Waals surface area contributed by atoms with Crippen LogP contribution in [-0.2, 0) is 11.8 Å². The summed E-state index contributed by atoms with van der Waals surface area (Å²) in [4.78, 5) is 37.3. The molecule has 0 unspecified atom stereocenters. The lowest BCUT2D eigenvalue weighted by molar-refractivity contribution is 0.0306. The number of hydrogen-bond donors (Lipinski definition) is 0. The van der Waals surface area contributed by atoms with Crippen molar-refractivity contribution in [2.24, 2.45) is 7.05 Å². The van der Waals surface area contributed by atoms with Gasteiger partial charge in [-0.15, -0.1) is 11.3 Å². The minimum absolute atomic E-state index is 0.0288. The Labute approximate surface area is 170 Å². The fraction of sp³-hybridized carbons (Fsp3) is 0.238. The van der Waals surface area contributed by atoms with Crippen molar-refractivity contribution < 1.29 is 9.53 Å². The number of fused-ring (bicyclic) bond motifs is 2. The molecule has 4 aromatic heterocycles. The molecule has 5 heterocycles. The first-order valence-electron chi connectivity index (χ1n) is 9.33. The third-order valence-electron chi connectivity index (χ3n) is 5.11. The van der Waals surface area contributed by atoms with Crippen LogP contribution in [0.15, 0.2) is 47.5 Å². The van der Waals surface area contributed by atoms with Gasteiger partial charge in [-0.2, -0.15) is 0 Å². The quantitative estimate of drug-likeness (QED) is 0.512. The van der Waals surface area contributed by atoms with Crippen LogP contribution in [0.25, 0.3) is 32.4 Å². The number of aryl methyl sites for hydroxylation is 1. The van der Waals surface area contributed by atoms with E-state index in [-0.39, 0.29) is 11.5 Å². The molecular formula is C21H18N4O3S. The molecule has 4 aromatic rings. The molecule has 146 valence electrons. The number of hydrogen-bond acceptors (Lipinski definition) is 6. The highest BCUT2D eigenvalue weighted by molar-refractivity contribution is 7.20. The van der Waals surface area contributed by atoms with Gasteiger partial charge in [-0.05, 0) is 30.3 Å². The lowest BCUT2D eigenvalue weighted by atomic mass is 10.1. The first-order valence-corrected chi connectivity index (χ1v) is 10.2. The predicted molar refractivity (Wildman–Crippen MR) is 112 cm³/mol. The van der Waals surface area contributed by atoms with Crippen LogP contribution < -0.4 is 5.56 Å². The number of nitrogens with zero attached hydrogens (tertiary/aromatic N) is 4. The number of pyridine rings is 3. The average molecular weight is 406 g/mol. The number of rotatable bonds is 2. The number of ether oxygens (including phenoxy) is 1. The Bertz CT molecular complexity index is 1300. The third-order valence-corrected chi connectivity index (χ3v) is 6.14. The van der Waals surface area contributed by atoms with Gasteiger partial charge in [0.1, 0.15) is 10.3 Å². The molecule has 1 fully saturated rings. The first-order chi connectivity index (χ1) is 14.1. The summed E-state index contributed by atoms with van der Waals surface area (Å²) in [5.74, 6) is 0.0288. The SMILES string of the molecule is Cn1ccc2cc(-c3ccc4cc(C(=O)N5CCOCC5)sc4n3)cnc2c1=O. The Hall–Kier alpha value is -3.10. The number of morpholine rings is 1. The van der Waals surface area contributed by atoms with Crippen LogP contribution in [0, 0.1) is 0 Å². The molecule has 0 atom stereocenters. The van der Waals surface area contributed by atoms with Crippen LogP contribution in [-0.4, -0.2) is 51.6 Å². The lowest BCUT2D eigenvalue weighted by Crippen LogP contribution is -2.40. The van der Waals surface area contributed by atoms with Crippen LogP contribution >= 0.6 is 11.3 Å². The van der Waals surface area contributed by atoms with E-state index >= 15 is 0 Å². The number of aromatic nitrogens is 3. The minimum atomic E-state index is -0.123. The van der Waals surface area contributed by atoms with E-state index in [0.717, 1.165) is 26.9 Å². The summed E-state index contributed by atoms with van der Waals surface area (Å²) in [6.07, 6.45) is 3.40. The Morgan fingerprint density at radius 3 is 2.79 bits per heavy atom. The maximum atomic E-state index is 12.7. The molecule has 1 aliphatic rings. The molecule has 1 saturated heterocycles. The van der Waals surface area contributed by atoms with Gasteiger partial charge in [-0.3, -0.25) is 9.59 Å². The van der Waals surface area contributed by atoms with E-state index in [2.05, 4.69) is 4.98 Å². The molecule has 0 saturated carbocycles. The standard InChI is InChI=1S/C21H18N4O3S/c1-24-5-4-13-10-15(12-22-18(13)21(24)27)16-3-2-14-11-17(29-19(14)23-16)20(26)25-6-8-28-9-7-25/h2-5,10-12H,6-9H2,1H3. The molecular weight excluding hydrogens is 388 g/mol. The average Bonchev–Trinajstić information content (AvgIpc) is 3.19. The Balaban J connectivity index is 1.51. The van der Waals surface area contributed by atoms with Crippen LogP contribution in [0.3, 0.4) is 0 Å². The van der Waals surface area contributed by atoms with Gasteiger partial charge in [0.15, 0.2) is 0 Å². The van der Waals surface area contributed by atoms with Crippen molar-refractivity contribution in [1.82, 2.24) is 19.4 Å². The van der Waals surface area contributed by atoms with Gasteiger partial charge in [-0.25, -0.2) is 9.97 Å². The highest BCUT2D eigenvalue weighted by atomic mass is 32.1. The fourth-order valence-electron chi connectivity index (χ4n) is 3.46. The van der Waals surface area contributed by atoms with E-state index in [9.17, 15) is 9.59 Å². The molecule has 0 bridgehead atoms. The number of carbonyl (C=O) groups excluding carboxylic acids is 1. The Morgan fingerprint density at radius 2 is 1.97 bits per heavy atom. The molecule has 0 spiro atoms. The molecule has 0 N–H and O–H groups in total. The summed E-state index contributed by atoms with van der Waals surface area (Å²) in [6, 6.07) is 9.58. The van der Waals surface area contributed by atoms with E-state index in [0.29, 0.717) is 36.7 Å². The molecule has 5 rings (SSSR count). The molecule has 1 amide bonds. The second-order valence-corrected chi connectivity index (χ2v) is 8.03. The Kier molecular flexibility index (Phi) is 4.37. The van der Waals surface area contributed by atoms with Crippen LogP contribution in [0.5, 0.6) is 0 Å². The van der Waals surface area contributed by atoms with Gasteiger partial charge < -0.3 is 14.2 Å². The summed E-state index contributed by atoms with van der Waals surface area (Å²) in [5.41, 5.74) is 1.92. The van der Waals surface area contributed by atoms with Crippen molar-refractivity contribution in [2.45, 2.75) is 0 Å². The van der Waals surface area contributed by atoms with E-state index in [4.69, 9.17) is 9.72 Å². The van der Waals surface area contributed by atoms with Crippen molar-refractivity contribution in [3.63, 3.8) is 0 Å². The van der Waals surface area contributed by atoms with Gasteiger partial charge in [0, 0.05) is 48.9 Å². The molecule has 8 heteroatoms. The first kappa shape index (κ1) is 18.0. The summed E-state index contributed by atoms with van der Waals surface area (Å²) < 4.78 is 6.84. The second-order valence-electron chi connectivity index (χ2n) is 7.00. The third kappa shape index (κ3) is 3.20.